The Kier molecular flexibility index (Phi) is 3.62. The lowest BCUT2D eigenvalue weighted by molar-refractivity contribution is -0.126. The van der Waals surface area contributed by atoms with Crippen LogP contribution in [-0.2, 0) is 9.59 Å². The lowest BCUT2D eigenvalue weighted by atomic mass is 10.1. The quantitative estimate of drug-likeness (QED) is 0.731. The Morgan fingerprint density at radius 1 is 1.39 bits per heavy atom. The number of aryl methyl sites for hydroxylation is 1. The first-order valence-corrected chi connectivity index (χ1v) is 5.99. The van der Waals surface area contributed by atoms with E-state index in [0.717, 1.165) is 16.8 Å². The summed E-state index contributed by atoms with van der Waals surface area (Å²) in [4.78, 5) is 23.0. The second-order valence-corrected chi connectivity index (χ2v) is 4.52. The highest BCUT2D eigenvalue weighted by molar-refractivity contribution is 5.96. The maximum Gasteiger partial charge on any atom is 0.243 e. The third-order valence-corrected chi connectivity index (χ3v) is 3.22. The minimum atomic E-state index is -0.373. The number of amides is 2. The summed E-state index contributed by atoms with van der Waals surface area (Å²) in [5, 5.41) is 2.88. The Labute approximate surface area is 106 Å². The van der Waals surface area contributed by atoms with E-state index in [1.165, 1.54) is 0 Å². The number of hydrazine groups is 1. The Bertz CT molecular complexity index is 475. The van der Waals surface area contributed by atoms with Gasteiger partial charge in [-0.2, -0.15) is 0 Å². The van der Waals surface area contributed by atoms with Crippen LogP contribution in [0.3, 0.4) is 0 Å². The van der Waals surface area contributed by atoms with Crippen molar-refractivity contribution < 1.29 is 9.59 Å². The van der Waals surface area contributed by atoms with E-state index in [0.29, 0.717) is 12.8 Å². The zero-order valence-electron chi connectivity index (χ0n) is 10.5. The Balaban J connectivity index is 2.03. The molecule has 1 unspecified atom stereocenters. The maximum absolute atomic E-state index is 12.0. The van der Waals surface area contributed by atoms with Crippen LogP contribution in [0.15, 0.2) is 18.2 Å². The molecule has 18 heavy (non-hydrogen) atoms. The van der Waals surface area contributed by atoms with Crippen LogP contribution in [0.25, 0.3) is 0 Å². The van der Waals surface area contributed by atoms with Crippen LogP contribution in [0.4, 0.5) is 5.69 Å². The van der Waals surface area contributed by atoms with Gasteiger partial charge in [0.1, 0.15) is 6.04 Å². The highest BCUT2D eigenvalue weighted by atomic mass is 16.2. The molecule has 0 aromatic heterocycles. The number of rotatable bonds is 2. The predicted octanol–water partition coefficient (Wildman–Crippen LogP) is 1.03. The van der Waals surface area contributed by atoms with E-state index in [4.69, 9.17) is 0 Å². The minimum Gasteiger partial charge on any atom is -0.324 e. The lowest BCUT2D eigenvalue weighted by Crippen LogP contribution is -2.54. The fraction of sp³-hybridized carbons (Fsp3) is 0.385. The van der Waals surface area contributed by atoms with Crippen LogP contribution in [-0.4, -0.2) is 17.9 Å². The number of benzene rings is 1. The fourth-order valence-corrected chi connectivity index (χ4v) is 1.88. The van der Waals surface area contributed by atoms with Crippen molar-refractivity contribution >= 4 is 17.5 Å². The molecule has 1 aromatic rings. The number of carbonyl (C=O) groups is 2. The van der Waals surface area contributed by atoms with Gasteiger partial charge < -0.3 is 5.32 Å². The molecule has 1 heterocycles. The van der Waals surface area contributed by atoms with Gasteiger partial charge in [0.15, 0.2) is 0 Å². The van der Waals surface area contributed by atoms with E-state index in [1.54, 1.807) is 0 Å². The first-order valence-electron chi connectivity index (χ1n) is 5.99. The fourth-order valence-electron chi connectivity index (χ4n) is 1.88. The van der Waals surface area contributed by atoms with Gasteiger partial charge in [-0.05, 0) is 37.5 Å². The van der Waals surface area contributed by atoms with Crippen molar-refractivity contribution in [2.45, 2.75) is 32.7 Å². The molecule has 0 saturated carbocycles. The molecule has 1 aliphatic heterocycles. The summed E-state index contributed by atoms with van der Waals surface area (Å²) in [5.74, 6) is -0.200. The standard InChI is InChI=1S/C13H17N3O2/c1-8-4-3-5-10(9(8)2)14-13(18)11-6-7-12(17)16-15-11/h3-5,11,15H,6-7H2,1-2H3,(H,14,18)(H,16,17). The van der Waals surface area contributed by atoms with Crippen molar-refractivity contribution in [2.24, 2.45) is 0 Å². The molecular formula is C13H17N3O2. The van der Waals surface area contributed by atoms with Crippen LogP contribution in [0.5, 0.6) is 0 Å². The van der Waals surface area contributed by atoms with Gasteiger partial charge in [0.05, 0.1) is 0 Å². The Hall–Kier alpha value is -1.88. The van der Waals surface area contributed by atoms with Crippen LogP contribution in [0.2, 0.25) is 0 Å². The summed E-state index contributed by atoms with van der Waals surface area (Å²) in [7, 11) is 0. The van der Waals surface area contributed by atoms with E-state index in [-0.39, 0.29) is 17.9 Å². The Morgan fingerprint density at radius 2 is 2.17 bits per heavy atom. The molecule has 5 heteroatoms. The normalized spacial score (nSPS) is 19.2. The van der Waals surface area contributed by atoms with Crippen molar-refractivity contribution in [3.63, 3.8) is 0 Å². The summed E-state index contributed by atoms with van der Waals surface area (Å²) in [6, 6.07) is 5.42. The SMILES string of the molecule is Cc1cccc(NC(=O)C2CCC(=O)NN2)c1C. The van der Waals surface area contributed by atoms with E-state index >= 15 is 0 Å². The molecule has 96 valence electrons. The first-order chi connectivity index (χ1) is 8.58. The van der Waals surface area contributed by atoms with Crippen molar-refractivity contribution in [1.82, 2.24) is 10.9 Å². The molecule has 2 amide bonds. The number of hydrogen-bond acceptors (Lipinski definition) is 3. The molecule has 5 nitrogen and oxygen atoms in total. The molecule has 0 radical (unpaired) electrons. The van der Waals surface area contributed by atoms with Crippen molar-refractivity contribution in [1.29, 1.82) is 0 Å². The molecule has 1 aromatic carbocycles. The largest absolute Gasteiger partial charge is 0.324 e. The van der Waals surface area contributed by atoms with Crippen molar-refractivity contribution in [3.05, 3.63) is 29.3 Å². The zero-order valence-corrected chi connectivity index (χ0v) is 10.5. The predicted molar refractivity (Wildman–Crippen MR) is 68.8 cm³/mol. The number of anilines is 1. The summed E-state index contributed by atoms with van der Waals surface area (Å²) in [6.45, 7) is 3.98. The average molecular weight is 247 g/mol. The highest BCUT2D eigenvalue weighted by Gasteiger charge is 2.24. The van der Waals surface area contributed by atoms with Gasteiger partial charge >= 0.3 is 0 Å². The molecule has 0 bridgehead atoms. The second-order valence-electron chi connectivity index (χ2n) is 4.52. The topological polar surface area (TPSA) is 70.2 Å². The third kappa shape index (κ3) is 2.68. The smallest absolute Gasteiger partial charge is 0.243 e. The molecule has 2 rings (SSSR count). The molecule has 3 N–H and O–H groups in total. The van der Waals surface area contributed by atoms with Gasteiger partial charge in [0.25, 0.3) is 0 Å². The van der Waals surface area contributed by atoms with Gasteiger partial charge in [-0.3, -0.25) is 15.0 Å². The van der Waals surface area contributed by atoms with Crippen molar-refractivity contribution in [3.8, 4) is 0 Å². The zero-order chi connectivity index (χ0) is 13.1. The minimum absolute atomic E-state index is 0.0780. The molecule has 1 aliphatic rings. The second kappa shape index (κ2) is 5.18. The van der Waals surface area contributed by atoms with Gasteiger partial charge in [0, 0.05) is 12.1 Å². The summed E-state index contributed by atoms with van der Waals surface area (Å²) < 4.78 is 0. The average Bonchev–Trinajstić information content (AvgIpc) is 2.36. The monoisotopic (exact) mass is 247 g/mol. The molecule has 0 aliphatic carbocycles. The highest BCUT2D eigenvalue weighted by Crippen LogP contribution is 2.18. The van der Waals surface area contributed by atoms with Crippen LogP contribution in [0.1, 0.15) is 24.0 Å². The van der Waals surface area contributed by atoms with Crippen LogP contribution in [0, 0.1) is 13.8 Å². The lowest BCUT2D eigenvalue weighted by Gasteiger charge is -2.23. The molecule has 1 saturated heterocycles. The molecule has 1 fully saturated rings. The van der Waals surface area contributed by atoms with Gasteiger partial charge in [-0.1, -0.05) is 12.1 Å². The van der Waals surface area contributed by atoms with Gasteiger partial charge in [-0.15, -0.1) is 0 Å². The maximum atomic E-state index is 12.0. The summed E-state index contributed by atoms with van der Waals surface area (Å²) >= 11 is 0. The number of nitrogens with one attached hydrogen (secondary N) is 3. The Morgan fingerprint density at radius 3 is 2.83 bits per heavy atom. The molecule has 0 spiro atoms. The van der Waals surface area contributed by atoms with E-state index in [2.05, 4.69) is 16.2 Å². The summed E-state index contributed by atoms with van der Waals surface area (Å²) in [5.41, 5.74) is 8.20. The first kappa shape index (κ1) is 12.6. The van der Waals surface area contributed by atoms with Crippen molar-refractivity contribution in [2.75, 3.05) is 5.32 Å². The van der Waals surface area contributed by atoms with E-state index in [9.17, 15) is 9.59 Å². The third-order valence-electron chi connectivity index (χ3n) is 3.22. The van der Waals surface area contributed by atoms with Gasteiger partial charge in [-0.25, -0.2) is 5.43 Å². The van der Waals surface area contributed by atoms with Gasteiger partial charge in [0.2, 0.25) is 11.8 Å². The summed E-state index contributed by atoms with van der Waals surface area (Å²) in [6.07, 6.45) is 0.889. The molecule has 1 atom stereocenters. The van der Waals surface area contributed by atoms with E-state index in [1.807, 2.05) is 32.0 Å². The van der Waals surface area contributed by atoms with Crippen LogP contribution >= 0.6 is 0 Å². The van der Waals surface area contributed by atoms with E-state index < -0.39 is 0 Å². The molecular weight excluding hydrogens is 230 g/mol. The van der Waals surface area contributed by atoms with Crippen LogP contribution < -0.4 is 16.2 Å². The number of hydrogen-bond donors (Lipinski definition) is 3. The number of carbonyl (C=O) groups excluding carboxylic acids is 2.